The minimum absolute atomic E-state index is 0.143. The van der Waals surface area contributed by atoms with Crippen LogP contribution in [-0.4, -0.2) is 22.9 Å². The van der Waals surface area contributed by atoms with Gasteiger partial charge in [0.2, 0.25) is 0 Å². The van der Waals surface area contributed by atoms with Gasteiger partial charge in [-0.1, -0.05) is 30.3 Å². The molecule has 2 heterocycles. The first kappa shape index (κ1) is 19.2. The molecule has 1 aliphatic carbocycles. The summed E-state index contributed by atoms with van der Waals surface area (Å²) in [4.78, 5) is 28.4. The van der Waals surface area contributed by atoms with Gasteiger partial charge >= 0.3 is 5.69 Å². The monoisotopic (exact) mass is 398 g/mol. The molecule has 0 radical (unpaired) electrons. The van der Waals surface area contributed by atoms with E-state index in [0.29, 0.717) is 19.7 Å². The van der Waals surface area contributed by atoms with Gasteiger partial charge in [0.1, 0.15) is 4.83 Å². The highest BCUT2D eigenvalue weighted by Crippen LogP contribution is 2.34. The van der Waals surface area contributed by atoms with E-state index in [4.69, 9.17) is 4.74 Å². The third-order valence-corrected chi connectivity index (χ3v) is 6.84. The fourth-order valence-electron chi connectivity index (χ4n) is 4.08. The van der Waals surface area contributed by atoms with Crippen molar-refractivity contribution in [1.82, 2.24) is 9.13 Å². The number of aryl methyl sites for hydroxylation is 4. The van der Waals surface area contributed by atoms with Crippen molar-refractivity contribution in [2.45, 2.75) is 51.6 Å². The lowest BCUT2D eigenvalue weighted by Crippen LogP contribution is -2.40. The van der Waals surface area contributed by atoms with E-state index < -0.39 is 0 Å². The number of methoxy groups -OCH3 is 1. The van der Waals surface area contributed by atoms with Gasteiger partial charge in [-0.15, -0.1) is 11.3 Å². The fourth-order valence-corrected chi connectivity index (χ4v) is 5.48. The summed E-state index contributed by atoms with van der Waals surface area (Å²) < 4.78 is 8.34. The van der Waals surface area contributed by atoms with Gasteiger partial charge in [-0.05, 0) is 49.7 Å². The topological polar surface area (TPSA) is 53.2 Å². The number of ether oxygens (including phenoxy) is 1. The molecule has 1 aromatic carbocycles. The molecule has 3 aromatic rings. The van der Waals surface area contributed by atoms with E-state index in [1.807, 2.05) is 22.8 Å². The van der Waals surface area contributed by atoms with Crippen molar-refractivity contribution >= 4 is 21.6 Å². The van der Waals surface area contributed by atoms with Crippen LogP contribution >= 0.6 is 11.3 Å². The van der Waals surface area contributed by atoms with Crippen molar-refractivity contribution in [2.24, 2.45) is 0 Å². The molecule has 2 aromatic heterocycles. The number of benzene rings is 1. The molecule has 148 valence electrons. The van der Waals surface area contributed by atoms with Gasteiger partial charge in [-0.25, -0.2) is 4.79 Å². The number of hydrogen-bond acceptors (Lipinski definition) is 4. The Morgan fingerprint density at radius 1 is 1.04 bits per heavy atom. The molecule has 0 saturated carbocycles. The summed E-state index contributed by atoms with van der Waals surface area (Å²) in [7, 11) is 1.59. The number of fused-ring (bicyclic) bond motifs is 3. The average Bonchev–Trinajstić information content (AvgIpc) is 3.11. The van der Waals surface area contributed by atoms with Gasteiger partial charge in [0.05, 0.1) is 18.5 Å². The highest BCUT2D eigenvalue weighted by Gasteiger charge is 2.23. The standard InChI is InChI=1S/C22H26N2O3S/c1-27-15-14-23-20(25)19-17-11-5-6-12-18(17)28-21(19)24(22(23)26)13-7-10-16-8-3-2-4-9-16/h2-4,8-9H,5-7,10-15H2,1H3. The normalized spacial score (nSPS) is 13.8. The summed E-state index contributed by atoms with van der Waals surface area (Å²) >= 11 is 1.65. The molecule has 0 atom stereocenters. The minimum Gasteiger partial charge on any atom is -0.383 e. The summed E-state index contributed by atoms with van der Waals surface area (Å²) in [5.41, 5.74) is 2.10. The molecular weight excluding hydrogens is 372 g/mol. The van der Waals surface area contributed by atoms with Crippen LogP contribution in [0.1, 0.15) is 35.3 Å². The maximum absolute atomic E-state index is 13.1. The minimum atomic E-state index is -0.207. The first-order valence-electron chi connectivity index (χ1n) is 10.0. The Morgan fingerprint density at radius 3 is 2.61 bits per heavy atom. The van der Waals surface area contributed by atoms with Crippen LogP contribution in [0, 0.1) is 0 Å². The van der Waals surface area contributed by atoms with Gasteiger partial charge in [0, 0.05) is 18.5 Å². The van der Waals surface area contributed by atoms with Gasteiger partial charge in [-0.2, -0.15) is 0 Å². The van der Waals surface area contributed by atoms with E-state index in [0.717, 1.165) is 48.7 Å². The van der Waals surface area contributed by atoms with Gasteiger partial charge < -0.3 is 4.74 Å². The molecule has 6 heteroatoms. The molecule has 5 nitrogen and oxygen atoms in total. The summed E-state index contributed by atoms with van der Waals surface area (Å²) in [6, 6.07) is 10.3. The Hall–Kier alpha value is -2.18. The van der Waals surface area contributed by atoms with E-state index >= 15 is 0 Å². The van der Waals surface area contributed by atoms with Gasteiger partial charge in [-0.3, -0.25) is 13.9 Å². The molecule has 0 spiro atoms. The van der Waals surface area contributed by atoms with E-state index in [1.165, 1.54) is 20.6 Å². The first-order chi connectivity index (χ1) is 13.7. The maximum Gasteiger partial charge on any atom is 0.332 e. The van der Waals surface area contributed by atoms with E-state index in [1.54, 1.807) is 18.4 Å². The molecule has 0 amide bonds. The van der Waals surface area contributed by atoms with Crippen LogP contribution in [0.5, 0.6) is 0 Å². The van der Waals surface area contributed by atoms with Crippen LogP contribution in [0.4, 0.5) is 0 Å². The fraction of sp³-hybridized carbons (Fsp3) is 0.455. The zero-order valence-corrected chi connectivity index (χ0v) is 17.1. The van der Waals surface area contributed by atoms with Crippen LogP contribution in [0.3, 0.4) is 0 Å². The highest BCUT2D eigenvalue weighted by atomic mass is 32.1. The number of hydrogen-bond donors (Lipinski definition) is 0. The van der Waals surface area contributed by atoms with Crippen molar-refractivity contribution in [3.63, 3.8) is 0 Å². The molecule has 0 unspecified atom stereocenters. The molecular formula is C22H26N2O3S. The average molecular weight is 399 g/mol. The zero-order chi connectivity index (χ0) is 19.5. The number of thiophene rings is 1. The van der Waals surface area contributed by atoms with Crippen molar-refractivity contribution in [1.29, 1.82) is 0 Å². The Morgan fingerprint density at radius 2 is 1.82 bits per heavy atom. The molecule has 28 heavy (non-hydrogen) atoms. The van der Waals surface area contributed by atoms with E-state index in [-0.39, 0.29) is 11.2 Å². The molecule has 0 N–H and O–H groups in total. The summed E-state index contributed by atoms with van der Waals surface area (Å²) in [6.07, 6.45) is 6.02. The Kier molecular flexibility index (Phi) is 5.78. The lowest BCUT2D eigenvalue weighted by Gasteiger charge is -2.13. The van der Waals surface area contributed by atoms with E-state index in [2.05, 4.69) is 12.1 Å². The molecule has 0 bridgehead atoms. The predicted octanol–water partition coefficient (Wildman–Crippen LogP) is 3.38. The lowest BCUT2D eigenvalue weighted by atomic mass is 9.97. The van der Waals surface area contributed by atoms with Crippen LogP contribution in [0.2, 0.25) is 0 Å². The van der Waals surface area contributed by atoms with Crippen molar-refractivity contribution in [2.75, 3.05) is 13.7 Å². The molecule has 1 aliphatic rings. The molecule has 4 rings (SSSR count). The second kappa shape index (κ2) is 8.45. The zero-order valence-electron chi connectivity index (χ0n) is 16.3. The SMILES string of the molecule is COCCn1c(=O)c2c3c(sc2n(CCCc2ccccc2)c1=O)CCCC3. The third-order valence-electron chi connectivity index (χ3n) is 5.53. The molecule has 0 saturated heterocycles. The second-order valence-electron chi connectivity index (χ2n) is 7.36. The van der Waals surface area contributed by atoms with Crippen molar-refractivity contribution in [3.8, 4) is 0 Å². The van der Waals surface area contributed by atoms with Crippen LogP contribution in [0.15, 0.2) is 39.9 Å². The smallest absolute Gasteiger partial charge is 0.332 e. The van der Waals surface area contributed by atoms with Gasteiger partial charge in [0.25, 0.3) is 5.56 Å². The highest BCUT2D eigenvalue weighted by molar-refractivity contribution is 7.18. The van der Waals surface area contributed by atoms with Crippen molar-refractivity contribution in [3.05, 3.63) is 67.2 Å². The summed E-state index contributed by atoms with van der Waals surface area (Å²) in [5.74, 6) is 0. The number of rotatable bonds is 7. The Labute approximate surface area is 168 Å². The first-order valence-corrected chi connectivity index (χ1v) is 10.8. The Bertz CT molecular complexity index is 1080. The quantitative estimate of drug-likeness (QED) is 0.613. The molecule has 0 aliphatic heterocycles. The summed E-state index contributed by atoms with van der Waals surface area (Å²) in [5, 5.41) is 0.773. The predicted molar refractivity (Wildman–Crippen MR) is 114 cm³/mol. The Balaban J connectivity index is 1.75. The van der Waals surface area contributed by atoms with Gasteiger partial charge in [0.15, 0.2) is 0 Å². The van der Waals surface area contributed by atoms with Crippen LogP contribution in [-0.2, 0) is 37.1 Å². The van der Waals surface area contributed by atoms with Crippen molar-refractivity contribution < 1.29 is 4.74 Å². The third kappa shape index (κ3) is 3.59. The lowest BCUT2D eigenvalue weighted by molar-refractivity contribution is 0.184. The number of aromatic nitrogens is 2. The number of nitrogens with zero attached hydrogens (tertiary/aromatic N) is 2. The largest absolute Gasteiger partial charge is 0.383 e. The molecule has 0 fully saturated rings. The second-order valence-corrected chi connectivity index (χ2v) is 8.45. The van der Waals surface area contributed by atoms with Crippen LogP contribution in [0.25, 0.3) is 10.2 Å². The summed E-state index contributed by atoms with van der Waals surface area (Å²) in [6.45, 7) is 1.28. The van der Waals surface area contributed by atoms with E-state index in [9.17, 15) is 9.59 Å². The maximum atomic E-state index is 13.1. The van der Waals surface area contributed by atoms with Crippen LogP contribution < -0.4 is 11.2 Å².